The van der Waals surface area contributed by atoms with Gasteiger partial charge in [-0.3, -0.25) is 4.84 Å². The largest absolute Gasteiger partial charge is 0.454 e. The lowest BCUT2D eigenvalue weighted by Gasteiger charge is -2.09. The minimum atomic E-state index is 0.301. The third-order valence-electron chi connectivity index (χ3n) is 2.33. The van der Waals surface area contributed by atoms with E-state index in [9.17, 15) is 0 Å². The van der Waals surface area contributed by atoms with Crippen LogP contribution >= 0.6 is 0 Å². The molecule has 1 aromatic rings. The number of nitrogens with two attached hydrogens (primary N) is 1. The van der Waals surface area contributed by atoms with E-state index < -0.39 is 0 Å². The zero-order valence-corrected chi connectivity index (χ0v) is 8.08. The summed E-state index contributed by atoms with van der Waals surface area (Å²) in [5, 5.41) is 0. The van der Waals surface area contributed by atoms with Gasteiger partial charge in [-0.2, -0.15) is 0 Å². The van der Waals surface area contributed by atoms with Crippen LogP contribution in [0.1, 0.15) is 18.1 Å². The summed E-state index contributed by atoms with van der Waals surface area (Å²) >= 11 is 0. The lowest BCUT2D eigenvalue weighted by atomic mass is 10.0. The molecule has 1 aromatic carbocycles. The van der Waals surface area contributed by atoms with Crippen LogP contribution in [0.15, 0.2) is 12.1 Å². The number of fused-ring (bicyclic) bond motifs is 1. The molecular formula is C10H13NO3. The van der Waals surface area contributed by atoms with Crippen molar-refractivity contribution < 1.29 is 14.3 Å². The van der Waals surface area contributed by atoms with Gasteiger partial charge in [0.05, 0.1) is 6.61 Å². The maximum absolute atomic E-state index is 5.39. The van der Waals surface area contributed by atoms with E-state index in [-0.39, 0.29) is 0 Å². The summed E-state index contributed by atoms with van der Waals surface area (Å²) in [7, 11) is 0. The Bertz CT molecular complexity index is 338. The number of benzene rings is 1. The van der Waals surface area contributed by atoms with Crippen molar-refractivity contribution in [3.8, 4) is 11.5 Å². The molecule has 14 heavy (non-hydrogen) atoms. The van der Waals surface area contributed by atoms with Crippen LogP contribution in [0.3, 0.4) is 0 Å². The lowest BCUT2D eigenvalue weighted by Crippen LogP contribution is -2.02. The average Bonchev–Trinajstić information content (AvgIpc) is 2.66. The molecule has 1 aliphatic rings. The van der Waals surface area contributed by atoms with E-state index in [1.807, 2.05) is 12.1 Å². The molecule has 4 heteroatoms. The van der Waals surface area contributed by atoms with Gasteiger partial charge in [0.2, 0.25) is 6.79 Å². The van der Waals surface area contributed by atoms with E-state index in [2.05, 4.69) is 11.8 Å². The van der Waals surface area contributed by atoms with Crippen molar-refractivity contribution in [2.45, 2.75) is 20.0 Å². The maximum Gasteiger partial charge on any atom is 0.231 e. The number of hydrogen-bond acceptors (Lipinski definition) is 4. The Labute approximate surface area is 82.5 Å². The van der Waals surface area contributed by atoms with Crippen molar-refractivity contribution in [3.05, 3.63) is 23.3 Å². The predicted molar refractivity (Wildman–Crippen MR) is 50.9 cm³/mol. The SMILES string of the molecule is CCc1c(CON)ccc2c1OCO2. The van der Waals surface area contributed by atoms with Crippen LogP contribution in [0.4, 0.5) is 0 Å². The first-order valence-corrected chi connectivity index (χ1v) is 4.58. The zero-order chi connectivity index (χ0) is 9.97. The van der Waals surface area contributed by atoms with Crippen molar-refractivity contribution >= 4 is 0 Å². The fraction of sp³-hybridized carbons (Fsp3) is 0.400. The Balaban J connectivity index is 2.43. The van der Waals surface area contributed by atoms with E-state index >= 15 is 0 Å². The second-order valence-corrected chi connectivity index (χ2v) is 3.10. The fourth-order valence-electron chi connectivity index (χ4n) is 1.68. The first-order valence-electron chi connectivity index (χ1n) is 4.58. The zero-order valence-electron chi connectivity index (χ0n) is 8.08. The van der Waals surface area contributed by atoms with Crippen LogP contribution in [-0.4, -0.2) is 6.79 Å². The van der Waals surface area contributed by atoms with Crippen LogP contribution in [0.2, 0.25) is 0 Å². The molecule has 0 aromatic heterocycles. The average molecular weight is 195 g/mol. The van der Waals surface area contributed by atoms with Gasteiger partial charge in [0.15, 0.2) is 11.5 Å². The quantitative estimate of drug-likeness (QED) is 0.740. The first-order chi connectivity index (χ1) is 6.86. The molecular weight excluding hydrogens is 182 g/mol. The van der Waals surface area contributed by atoms with Gasteiger partial charge in [-0.25, -0.2) is 5.90 Å². The Kier molecular flexibility index (Phi) is 2.56. The van der Waals surface area contributed by atoms with Gasteiger partial charge in [0, 0.05) is 5.56 Å². The number of hydrogen-bond donors (Lipinski definition) is 1. The molecule has 2 N–H and O–H groups in total. The second kappa shape index (κ2) is 3.86. The smallest absolute Gasteiger partial charge is 0.231 e. The van der Waals surface area contributed by atoms with Crippen LogP contribution < -0.4 is 15.4 Å². The van der Waals surface area contributed by atoms with Gasteiger partial charge in [-0.15, -0.1) is 0 Å². The molecule has 4 nitrogen and oxygen atoms in total. The third kappa shape index (κ3) is 1.42. The molecule has 76 valence electrons. The molecule has 0 amide bonds. The summed E-state index contributed by atoms with van der Waals surface area (Å²) in [6.07, 6.45) is 0.880. The summed E-state index contributed by atoms with van der Waals surface area (Å²) in [5.74, 6) is 6.70. The Hall–Kier alpha value is -1.26. The highest BCUT2D eigenvalue weighted by Gasteiger charge is 2.19. The normalized spacial score (nSPS) is 13.3. The minimum absolute atomic E-state index is 0.301. The molecule has 0 unspecified atom stereocenters. The molecule has 2 rings (SSSR count). The van der Waals surface area contributed by atoms with Gasteiger partial charge >= 0.3 is 0 Å². The lowest BCUT2D eigenvalue weighted by molar-refractivity contribution is 0.123. The standard InChI is InChI=1S/C10H13NO3/c1-2-8-7(5-14-11)3-4-9-10(8)13-6-12-9/h3-4H,2,5-6,11H2,1H3. The first kappa shape index (κ1) is 9.30. The van der Waals surface area contributed by atoms with Crippen LogP contribution in [-0.2, 0) is 17.9 Å². The number of ether oxygens (including phenoxy) is 2. The van der Waals surface area contributed by atoms with Crippen molar-refractivity contribution in [1.29, 1.82) is 0 Å². The highest BCUT2D eigenvalue weighted by molar-refractivity contribution is 5.52. The molecule has 0 aliphatic carbocycles. The fourth-order valence-corrected chi connectivity index (χ4v) is 1.68. The monoisotopic (exact) mass is 195 g/mol. The van der Waals surface area contributed by atoms with Gasteiger partial charge < -0.3 is 9.47 Å². The Morgan fingerprint density at radius 3 is 3.00 bits per heavy atom. The van der Waals surface area contributed by atoms with E-state index in [0.29, 0.717) is 13.4 Å². The number of rotatable bonds is 3. The van der Waals surface area contributed by atoms with E-state index in [4.69, 9.17) is 15.4 Å². The molecule has 0 bridgehead atoms. The molecule has 0 fully saturated rings. The van der Waals surface area contributed by atoms with E-state index in [0.717, 1.165) is 29.0 Å². The summed E-state index contributed by atoms with van der Waals surface area (Å²) < 4.78 is 10.7. The molecule has 0 saturated heterocycles. The molecule has 0 saturated carbocycles. The van der Waals surface area contributed by atoms with Crippen LogP contribution in [0.5, 0.6) is 11.5 Å². The predicted octanol–water partition coefficient (Wildman–Crippen LogP) is 1.37. The molecule has 1 aliphatic heterocycles. The van der Waals surface area contributed by atoms with E-state index in [1.54, 1.807) is 0 Å². The van der Waals surface area contributed by atoms with Gasteiger partial charge in [0.25, 0.3) is 0 Å². The molecule has 0 atom stereocenters. The van der Waals surface area contributed by atoms with Gasteiger partial charge in [-0.1, -0.05) is 13.0 Å². The Morgan fingerprint density at radius 2 is 2.29 bits per heavy atom. The second-order valence-electron chi connectivity index (χ2n) is 3.10. The summed E-state index contributed by atoms with van der Waals surface area (Å²) in [4.78, 5) is 4.63. The van der Waals surface area contributed by atoms with Crippen LogP contribution in [0, 0.1) is 0 Å². The summed E-state index contributed by atoms with van der Waals surface area (Å²) in [6, 6.07) is 3.84. The van der Waals surface area contributed by atoms with E-state index in [1.165, 1.54) is 0 Å². The topological polar surface area (TPSA) is 53.7 Å². The van der Waals surface area contributed by atoms with Crippen molar-refractivity contribution in [1.82, 2.24) is 0 Å². The third-order valence-corrected chi connectivity index (χ3v) is 2.33. The van der Waals surface area contributed by atoms with Crippen LogP contribution in [0.25, 0.3) is 0 Å². The van der Waals surface area contributed by atoms with Gasteiger partial charge in [-0.05, 0) is 18.1 Å². The molecule has 1 heterocycles. The maximum atomic E-state index is 5.39. The summed E-state index contributed by atoms with van der Waals surface area (Å²) in [6.45, 7) is 2.77. The van der Waals surface area contributed by atoms with Crippen molar-refractivity contribution in [2.24, 2.45) is 5.90 Å². The van der Waals surface area contributed by atoms with Crippen molar-refractivity contribution in [2.75, 3.05) is 6.79 Å². The highest BCUT2D eigenvalue weighted by atomic mass is 16.7. The summed E-state index contributed by atoms with van der Waals surface area (Å²) in [5.41, 5.74) is 2.17. The molecule has 0 radical (unpaired) electrons. The minimum Gasteiger partial charge on any atom is -0.454 e. The van der Waals surface area contributed by atoms with Gasteiger partial charge in [0.1, 0.15) is 0 Å². The molecule has 0 spiro atoms. The highest BCUT2D eigenvalue weighted by Crippen LogP contribution is 2.37. The Morgan fingerprint density at radius 1 is 1.43 bits per heavy atom. The van der Waals surface area contributed by atoms with Crippen molar-refractivity contribution in [3.63, 3.8) is 0 Å².